The number of amides is 2. The zero-order valence-electron chi connectivity index (χ0n) is 15.4. The van der Waals surface area contributed by atoms with Gasteiger partial charge in [0.1, 0.15) is 0 Å². The van der Waals surface area contributed by atoms with E-state index in [-0.39, 0.29) is 17.4 Å². The van der Waals surface area contributed by atoms with E-state index < -0.39 is 16.6 Å². The summed E-state index contributed by atoms with van der Waals surface area (Å²) >= 11 is 3.12. The average molecular weight is 441 g/mol. The number of nitrogens with zero attached hydrogens (tertiary/aromatic N) is 2. The van der Waals surface area contributed by atoms with Crippen LogP contribution in [0.15, 0.2) is 41.8 Å². The maximum atomic E-state index is 13.0. The minimum absolute atomic E-state index is 0.0125. The summed E-state index contributed by atoms with van der Waals surface area (Å²) in [5.41, 5.74) is -0.503. The molecule has 2 aromatic rings. The second-order valence-electron chi connectivity index (χ2n) is 7.10. The van der Waals surface area contributed by atoms with E-state index in [1.165, 1.54) is 23.5 Å². The van der Waals surface area contributed by atoms with Crippen molar-refractivity contribution in [2.45, 2.75) is 23.9 Å². The van der Waals surface area contributed by atoms with Crippen molar-refractivity contribution in [2.75, 3.05) is 25.4 Å². The molecule has 0 atom stereocenters. The van der Waals surface area contributed by atoms with Gasteiger partial charge in [0.15, 0.2) is 0 Å². The number of carbonyl (C=O) groups excluding carboxylic acids is 2. The van der Waals surface area contributed by atoms with E-state index in [0.717, 1.165) is 17.9 Å². The zero-order valence-corrected chi connectivity index (χ0v) is 17.1. The minimum atomic E-state index is -4.42. The standard InChI is InChI=1S/C20H19F3N2O2S2/c21-20(22,23)15-5-3-14(4-6-15)17(26)25-11-13-29-19(25)7-9-24(10-8-19)18(27)16-2-1-12-28-16/h1-6,12H,7-11,13H2. The molecule has 0 radical (unpaired) electrons. The topological polar surface area (TPSA) is 40.6 Å². The Bertz CT molecular complexity index is 889. The molecular formula is C20H19F3N2O2S2. The van der Waals surface area contributed by atoms with Crippen molar-refractivity contribution in [2.24, 2.45) is 0 Å². The van der Waals surface area contributed by atoms with E-state index in [4.69, 9.17) is 0 Å². The zero-order chi connectivity index (χ0) is 20.6. The third-order valence-electron chi connectivity index (χ3n) is 5.45. The highest BCUT2D eigenvalue weighted by molar-refractivity contribution is 8.00. The molecule has 2 aliphatic rings. The molecule has 1 aromatic carbocycles. The molecule has 0 N–H and O–H groups in total. The molecule has 0 unspecified atom stereocenters. The monoisotopic (exact) mass is 440 g/mol. The van der Waals surface area contributed by atoms with Gasteiger partial charge in [0.25, 0.3) is 11.8 Å². The van der Waals surface area contributed by atoms with Crippen molar-refractivity contribution in [3.63, 3.8) is 0 Å². The van der Waals surface area contributed by atoms with Crippen molar-refractivity contribution >= 4 is 34.9 Å². The summed E-state index contributed by atoms with van der Waals surface area (Å²) in [5.74, 6) is 0.547. The number of alkyl halides is 3. The first-order chi connectivity index (χ1) is 13.8. The maximum Gasteiger partial charge on any atom is 0.416 e. The smallest absolute Gasteiger partial charge is 0.338 e. The third-order valence-corrected chi connectivity index (χ3v) is 7.86. The Labute approximate surface area is 174 Å². The van der Waals surface area contributed by atoms with Crippen LogP contribution in [0.4, 0.5) is 13.2 Å². The van der Waals surface area contributed by atoms with Crippen LogP contribution >= 0.6 is 23.1 Å². The summed E-state index contributed by atoms with van der Waals surface area (Å²) in [4.78, 5) is 29.5. The lowest BCUT2D eigenvalue weighted by atomic mass is 10.0. The van der Waals surface area contributed by atoms with Crippen molar-refractivity contribution in [3.8, 4) is 0 Å². The predicted molar refractivity (Wildman–Crippen MR) is 107 cm³/mol. The van der Waals surface area contributed by atoms with Crippen molar-refractivity contribution in [3.05, 3.63) is 57.8 Å². The summed E-state index contributed by atoms with van der Waals surface area (Å²) in [6.45, 7) is 1.67. The Balaban J connectivity index is 1.46. The lowest BCUT2D eigenvalue weighted by molar-refractivity contribution is -0.137. The largest absolute Gasteiger partial charge is 0.416 e. The van der Waals surface area contributed by atoms with Crippen molar-refractivity contribution in [1.29, 1.82) is 0 Å². The molecule has 0 aliphatic carbocycles. The molecular weight excluding hydrogens is 421 g/mol. The molecule has 0 bridgehead atoms. The Hall–Kier alpha value is -2.00. The average Bonchev–Trinajstić information content (AvgIpc) is 3.38. The number of rotatable bonds is 2. The molecule has 4 rings (SSSR count). The fourth-order valence-corrected chi connectivity index (χ4v) is 6.03. The molecule has 2 aliphatic heterocycles. The van der Waals surface area contributed by atoms with Gasteiger partial charge in [-0.25, -0.2) is 0 Å². The number of hydrogen-bond acceptors (Lipinski definition) is 4. The maximum absolute atomic E-state index is 13.0. The molecule has 2 amide bonds. The molecule has 1 spiro atoms. The van der Waals surface area contributed by atoms with Crippen LogP contribution in [0.5, 0.6) is 0 Å². The van der Waals surface area contributed by atoms with E-state index in [2.05, 4.69) is 0 Å². The fourth-order valence-electron chi connectivity index (χ4n) is 3.88. The van der Waals surface area contributed by atoms with Crippen LogP contribution in [0, 0.1) is 0 Å². The third kappa shape index (κ3) is 3.90. The van der Waals surface area contributed by atoms with Gasteiger partial charge < -0.3 is 9.80 Å². The van der Waals surface area contributed by atoms with Crippen molar-refractivity contribution < 1.29 is 22.8 Å². The number of likely N-dealkylation sites (tertiary alicyclic amines) is 1. The molecule has 2 saturated heterocycles. The Kier molecular flexibility index (Phi) is 5.37. The van der Waals surface area contributed by atoms with E-state index >= 15 is 0 Å². The van der Waals surface area contributed by atoms with Gasteiger partial charge in [-0.15, -0.1) is 23.1 Å². The molecule has 0 saturated carbocycles. The molecule has 4 nitrogen and oxygen atoms in total. The van der Waals surface area contributed by atoms with Crippen LogP contribution in [0.2, 0.25) is 0 Å². The molecule has 1 aromatic heterocycles. The number of piperidine rings is 1. The fraction of sp³-hybridized carbons (Fsp3) is 0.400. The molecule has 154 valence electrons. The summed E-state index contributed by atoms with van der Waals surface area (Å²) < 4.78 is 38.3. The molecule has 2 fully saturated rings. The van der Waals surface area contributed by atoms with Gasteiger partial charge in [-0.2, -0.15) is 13.2 Å². The number of thioether (sulfide) groups is 1. The van der Waals surface area contributed by atoms with Gasteiger partial charge in [-0.3, -0.25) is 9.59 Å². The minimum Gasteiger partial charge on any atom is -0.338 e. The summed E-state index contributed by atoms with van der Waals surface area (Å²) in [5, 5.41) is 1.87. The van der Waals surface area contributed by atoms with E-state index in [0.29, 0.717) is 37.4 Å². The van der Waals surface area contributed by atoms with Gasteiger partial charge in [-0.1, -0.05) is 6.07 Å². The van der Waals surface area contributed by atoms with E-state index in [9.17, 15) is 22.8 Å². The molecule has 29 heavy (non-hydrogen) atoms. The van der Waals surface area contributed by atoms with Crippen LogP contribution in [-0.2, 0) is 6.18 Å². The Morgan fingerprint density at radius 2 is 1.66 bits per heavy atom. The summed E-state index contributed by atoms with van der Waals surface area (Å²) in [6, 6.07) is 8.05. The second-order valence-corrected chi connectivity index (χ2v) is 9.50. The summed E-state index contributed by atoms with van der Waals surface area (Å²) in [6.07, 6.45) is -3.11. The quantitative estimate of drug-likeness (QED) is 0.686. The normalized spacial score (nSPS) is 19.0. The first kappa shape index (κ1) is 20.3. The first-order valence-electron chi connectivity index (χ1n) is 9.26. The highest BCUT2D eigenvalue weighted by Gasteiger charge is 2.47. The number of carbonyl (C=O) groups is 2. The van der Waals surface area contributed by atoms with Crippen LogP contribution in [-0.4, -0.2) is 51.9 Å². The van der Waals surface area contributed by atoms with Gasteiger partial charge >= 0.3 is 6.18 Å². The Morgan fingerprint density at radius 3 is 2.24 bits per heavy atom. The summed E-state index contributed by atoms with van der Waals surface area (Å²) in [7, 11) is 0. The lowest BCUT2D eigenvalue weighted by Gasteiger charge is -2.44. The van der Waals surface area contributed by atoms with Crippen LogP contribution in [0.25, 0.3) is 0 Å². The molecule has 3 heterocycles. The van der Waals surface area contributed by atoms with Gasteiger partial charge in [0.05, 0.1) is 15.3 Å². The van der Waals surface area contributed by atoms with Crippen LogP contribution < -0.4 is 0 Å². The van der Waals surface area contributed by atoms with E-state index in [1.54, 1.807) is 16.7 Å². The number of halogens is 3. The van der Waals surface area contributed by atoms with E-state index in [1.807, 2.05) is 22.4 Å². The van der Waals surface area contributed by atoms with Gasteiger partial charge in [0.2, 0.25) is 0 Å². The predicted octanol–water partition coefficient (Wildman–Crippen LogP) is 4.59. The highest BCUT2D eigenvalue weighted by Crippen LogP contribution is 2.45. The number of thiophene rings is 1. The number of hydrogen-bond donors (Lipinski definition) is 0. The lowest BCUT2D eigenvalue weighted by Crippen LogP contribution is -2.53. The highest BCUT2D eigenvalue weighted by atomic mass is 32.2. The molecule has 9 heteroatoms. The van der Waals surface area contributed by atoms with Gasteiger partial charge in [-0.05, 0) is 48.6 Å². The van der Waals surface area contributed by atoms with Crippen molar-refractivity contribution in [1.82, 2.24) is 9.80 Å². The second kappa shape index (κ2) is 7.68. The van der Waals surface area contributed by atoms with Crippen LogP contribution in [0.3, 0.4) is 0 Å². The SMILES string of the molecule is O=C(c1cccs1)N1CCC2(CC1)SCCN2C(=O)c1ccc(C(F)(F)F)cc1. The Morgan fingerprint density at radius 1 is 0.966 bits per heavy atom. The van der Waals surface area contributed by atoms with Gasteiger partial charge in [0, 0.05) is 31.0 Å². The van der Waals surface area contributed by atoms with Crippen LogP contribution in [0.1, 0.15) is 38.4 Å². The number of benzene rings is 1. The first-order valence-corrected chi connectivity index (χ1v) is 11.1.